The van der Waals surface area contributed by atoms with Crippen LogP contribution in [0.3, 0.4) is 0 Å². The van der Waals surface area contributed by atoms with Crippen LogP contribution in [0, 0.1) is 5.41 Å². The summed E-state index contributed by atoms with van der Waals surface area (Å²) < 4.78 is 3.93. The minimum atomic E-state index is -0.811. The normalized spacial score (nSPS) is 30.8. The molecule has 0 bridgehead atoms. The molecule has 0 radical (unpaired) electrons. The summed E-state index contributed by atoms with van der Waals surface area (Å²) in [5.74, 6) is -0.412. The molecule has 0 N–H and O–H groups in total. The third kappa shape index (κ3) is 1.71. The number of alkyl halides is 1. The predicted octanol–water partition coefficient (Wildman–Crippen LogP) is 2.59. The zero-order chi connectivity index (χ0) is 12.7. The van der Waals surface area contributed by atoms with E-state index in [2.05, 4.69) is 15.9 Å². The number of hydrogen-bond donors (Lipinski definition) is 0. The lowest BCUT2D eigenvalue weighted by Crippen LogP contribution is -2.29. The molecule has 17 heavy (non-hydrogen) atoms. The molecular weight excluding hydrogens is 284 g/mol. The summed E-state index contributed by atoms with van der Waals surface area (Å²) >= 11 is 3.41. The van der Waals surface area contributed by atoms with Crippen molar-refractivity contribution < 1.29 is 14.3 Å². The number of rotatable bonds is 3. The van der Waals surface area contributed by atoms with E-state index in [0.29, 0.717) is 12.0 Å². The smallest absolute Gasteiger partial charge is 0.313 e. The summed E-state index contributed by atoms with van der Waals surface area (Å²) in [7, 11) is 1.34. The van der Waals surface area contributed by atoms with Crippen molar-refractivity contribution in [1.82, 2.24) is 0 Å². The second kappa shape index (κ2) is 3.95. The van der Waals surface area contributed by atoms with Crippen LogP contribution in [0.15, 0.2) is 30.3 Å². The maximum absolute atomic E-state index is 12.3. The summed E-state index contributed by atoms with van der Waals surface area (Å²) in [6.45, 7) is 1.74. The molecule has 4 heteroatoms. The van der Waals surface area contributed by atoms with E-state index in [1.165, 1.54) is 7.11 Å². The molecule has 1 fully saturated rings. The highest BCUT2D eigenvalue weighted by atomic mass is 79.9. The first kappa shape index (κ1) is 12.3. The fourth-order valence-electron chi connectivity index (χ4n) is 2.05. The van der Waals surface area contributed by atoms with E-state index in [0.717, 1.165) is 0 Å². The largest absolute Gasteiger partial charge is 0.469 e. The molecule has 1 saturated carbocycles. The molecule has 0 heterocycles. The van der Waals surface area contributed by atoms with Crippen molar-refractivity contribution in [3.63, 3.8) is 0 Å². The first-order valence-corrected chi connectivity index (χ1v) is 6.12. The number of ether oxygens (including phenoxy) is 1. The first-order valence-electron chi connectivity index (χ1n) is 5.33. The molecule has 90 valence electrons. The molecule has 0 aliphatic heterocycles. The number of carbonyl (C=O) groups is 2. The van der Waals surface area contributed by atoms with Crippen molar-refractivity contribution in [1.29, 1.82) is 0 Å². The molecule has 2 rings (SSSR count). The van der Waals surface area contributed by atoms with E-state index in [4.69, 9.17) is 4.74 Å². The van der Waals surface area contributed by atoms with Crippen molar-refractivity contribution >= 4 is 27.7 Å². The Morgan fingerprint density at radius 1 is 1.29 bits per heavy atom. The van der Waals surface area contributed by atoms with Crippen LogP contribution in [-0.2, 0) is 9.53 Å². The summed E-state index contributed by atoms with van der Waals surface area (Å²) in [6.07, 6.45) is 0.473. The second-order valence-electron chi connectivity index (χ2n) is 4.50. The van der Waals surface area contributed by atoms with Gasteiger partial charge in [0.15, 0.2) is 5.78 Å². The van der Waals surface area contributed by atoms with Crippen molar-refractivity contribution in [3.8, 4) is 0 Å². The Balaban J connectivity index is 2.27. The van der Waals surface area contributed by atoms with Crippen LogP contribution in [0.1, 0.15) is 23.7 Å². The molecule has 3 nitrogen and oxygen atoms in total. The quantitative estimate of drug-likeness (QED) is 0.489. The molecule has 0 aromatic heterocycles. The molecule has 2 atom stereocenters. The number of esters is 1. The molecule has 1 aromatic rings. The van der Waals surface area contributed by atoms with E-state index in [1.54, 1.807) is 31.2 Å². The zero-order valence-corrected chi connectivity index (χ0v) is 11.3. The topological polar surface area (TPSA) is 43.4 Å². The fraction of sp³-hybridized carbons (Fsp3) is 0.385. The lowest BCUT2D eigenvalue weighted by atomic mass is 10.00. The standard InChI is InChI=1S/C13H13BrO3/c1-12(11(16)17-2)8-13(12,14)10(15)9-6-4-3-5-7-9/h3-7H,8H2,1-2H3. The van der Waals surface area contributed by atoms with Gasteiger partial charge in [-0.2, -0.15) is 0 Å². The molecule has 0 spiro atoms. The number of hydrogen-bond acceptors (Lipinski definition) is 3. The highest BCUT2D eigenvalue weighted by Gasteiger charge is 2.72. The highest BCUT2D eigenvalue weighted by Crippen LogP contribution is 2.64. The van der Waals surface area contributed by atoms with Crippen molar-refractivity contribution in [2.24, 2.45) is 5.41 Å². The van der Waals surface area contributed by atoms with Gasteiger partial charge in [0.25, 0.3) is 0 Å². The number of methoxy groups -OCH3 is 1. The number of benzene rings is 1. The van der Waals surface area contributed by atoms with E-state index < -0.39 is 9.74 Å². The van der Waals surface area contributed by atoms with Gasteiger partial charge in [-0.05, 0) is 13.3 Å². The van der Waals surface area contributed by atoms with Crippen LogP contribution in [0.4, 0.5) is 0 Å². The van der Waals surface area contributed by atoms with Gasteiger partial charge in [-0.15, -0.1) is 0 Å². The van der Waals surface area contributed by atoms with Crippen LogP contribution in [0.5, 0.6) is 0 Å². The number of Topliss-reactive ketones (excluding diaryl/α,β-unsaturated/α-hetero) is 1. The summed E-state index contributed by atoms with van der Waals surface area (Å²) in [5, 5.41) is 0. The van der Waals surface area contributed by atoms with E-state index in [9.17, 15) is 9.59 Å². The minimum Gasteiger partial charge on any atom is -0.469 e. The van der Waals surface area contributed by atoms with Gasteiger partial charge in [0.2, 0.25) is 0 Å². The lowest BCUT2D eigenvalue weighted by molar-refractivity contribution is -0.146. The van der Waals surface area contributed by atoms with Gasteiger partial charge in [0.05, 0.1) is 12.5 Å². The average Bonchev–Trinajstić information content (AvgIpc) is 2.94. The maximum atomic E-state index is 12.3. The van der Waals surface area contributed by atoms with Gasteiger partial charge in [0, 0.05) is 5.56 Å². The van der Waals surface area contributed by atoms with Gasteiger partial charge in [-0.1, -0.05) is 46.3 Å². The SMILES string of the molecule is COC(=O)C1(C)CC1(Br)C(=O)c1ccccc1. The first-order chi connectivity index (χ1) is 7.95. The molecule has 0 saturated heterocycles. The van der Waals surface area contributed by atoms with E-state index in [1.807, 2.05) is 6.07 Å². The Kier molecular flexibility index (Phi) is 2.86. The van der Waals surface area contributed by atoms with E-state index >= 15 is 0 Å². The average molecular weight is 297 g/mol. The minimum absolute atomic E-state index is 0.0639. The Labute approximate surface area is 108 Å². The van der Waals surface area contributed by atoms with Gasteiger partial charge in [-0.3, -0.25) is 9.59 Å². The van der Waals surface area contributed by atoms with Crippen LogP contribution in [0.2, 0.25) is 0 Å². The number of halogens is 1. The van der Waals surface area contributed by atoms with Crippen molar-refractivity contribution in [3.05, 3.63) is 35.9 Å². The van der Waals surface area contributed by atoms with Crippen LogP contribution < -0.4 is 0 Å². The Morgan fingerprint density at radius 2 is 1.88 bits per heavy atom. The zero-order valence-electron chi connectivity index (χ0n) is 9.70. The number of ketones is 1. The Morgan fingerprint density at radius 3 is 2.41 bits per heavy atom. The maximum Gasteiger partial charge on any atom is 0.313 e. The van der Waals surface area contributed by atoms with Gasteiger partial charge in [0.1, 0.15) is 4.32 Å². The van der Waals surface area contributed by atoms with Crippen molar-refractivity contribution in [2.45, 2.75) is 17.7 Å². The number of carbonyl (C=O) groups excluding carboxylic acids is 2. The van der Waals surface area contributed by atoms with Crippen LogP contribution >= 0.6 is 15.9 Å². The monoisotopic (exact) mass is 296 g/mol. The molecule has 2 unspecified atom stereocenters. The molecule has 0 amide bonds. The molecule has 1 aliphatic carbocycles. The highest BCUT2D eigenvalue weighted by molar-refractivity contribution is 9.10. The second-order valence-corrected chi connectivity index (χ2v) is 5.85. The van der Waals surface area contributed by atoms with Gasteiger partial charge >= 0.3 is 5.97 Å². The summed E-state index contributed by atoms with van der Waals surface area (Å²) in [4.78, 5) is 24.0. The van der Waals surface area contributed by atoms with E-state index in [-0.39, 0.29) is 11.8 Å². The predicted molar refractivity (Wildman–Crippen MR) is 67.2 cm³/mol. The molecule has 1 aliphatic rings. The fourth-order valence-corrected chi connectivity index (χ4v) is 3.00. The Hall–Kier alpha value is -1.16. The summed E-state index contributed by atoms with van der Waals surface area (Å²) in [5.41, 5.74) is -0.147. The van der Waals surface area contributed by atoms with Gasteiger partial charge in [-0.25, -0.2) is 0 Å². The third-order valence-electron chi connectivity index (χ3n) is 3.38. The van der Waals surface area contributed by atoms with Crippen LogP contribution in [-0.4, -0.2) is 23.2 Å². The van der Waals surface area contributed by atoms with Crippen LogP contribution in [0.25, 0.3) is 0 Å². The van der Waals surface area contributed by atoms with Crippen molar-refractivity contribution in [2.75, 3.05) is 7.11 Å². The summed E-state index contributed by atoms with van der Waals surface area (Å²) in [6, 6.07) is 8.97. The molecular formula is C13H13BrO3. The Bertz CT molecular complexity index is 471. The lowest BCUT2D eigenvalue weighted by Gasteiger charge is -2.14. The third-order valence-corrected chi connectivity index (χ3v) is 4.89. The van der Waals surface area contributed by atoms with Gasteiger partial charge < -0.3 is 4.74 Å². The molecule has 1 aromatic carbocycles.